The minimum Gasteiger partial charge on any atom is -0.348 e. The Labute approximate surface area is 219 Å². The lowest BCUT2D eigenvalue weighted by Gasteiger charge is -2.31. The van der Waals surface area contributed by atoms with Gasteiger partial charge in [-0.2, -0.15) is 0 Å². The van der Waals surface area contributed by atoms with Crippen molar-refractivity contribution in [2.24, 2.45) is 11.7 Å². The number of nitrogens with zero attached hydrogens (tertiary/aromatic N) is 1. The van der Waals surface area contributed by atoms with Crippen molar-refractivity contribution in [1.82, 2.24) is 26.2 Å². The van der Waals surface area contributed by atoms with Crippen LogP contribution in [0.2, 0.25) is 0 Å². The van der Waals surface area contributed by atoms with Crippen molar-refractivity contribution in [3.63, 3.8) is 0 Å². The molecule has 0 spiro atoms. The van der Waals surface area contributed by atoms with Crippen LogP contribution < -0.4 is 27.0 Å². The van der Waals surface area contributed by atoms with E-state index in [9.17, 15) is 24.0 Å². The van der Waals surface area contributed by atoms with Gasteiger partial charge in [-0.1, -0.05) is 55.4 Å². The number of nitrogens with two attached hydrogens (primary N) is 1. The van der Waals surface area contributed by atoms with Gasteiger partial charge in [-0.05, 0) is 39.3 Å². The molecule has 0 heterocycles. The van der Waals surface area contributed by atoms with E-state index in [1.807, 2.05) is 41.5 Å². The standard InChI is InChI=1S/C19H36N6O5.3C2H6/c1-12(2)16(25(5)15(27)11-23-17(28)13(3)21-4)19(30)24-14(7-6-8-20)18(29)22-9-10-26;3*1-2/h10,12-14,16,21H,6-9,11,20H2,1-5H3,(H,22,29)(H,23,28)(H,24,30);3*1-2H3/t13-,14-,16?;;;/m0.../s1. The molecule has 0 saturated carbocycles. The van der Waals surface area contributed by atoms with Gasteiger partial charge in [-0.25, -0.2) is 0 Å². The van der Waals surface area contributed by atoms with Crippen molar-refractivity contribution in [3.05, 3.63) is 0 Å². The number of amides is 4. The van der Waals surface area contributed by atoms with Gasteiger partial charge < -0.3 is 36.7 Å². The Kier molecular flexibility index (Phi) is 30.5. The molecule has 0 aromatic carbocycles. The monoisotopic (exact) mass is 518 g/mol. The van der Waals surface area contributed by atoms with Crippen LogP contribution in [-0.2, 0) is 24.0 Å². The van der Waals surface area contributed by atoms with Gasteiger partial charge >= 0.3 is 0 Å². The third-order valence-electron chi connectivity index (χ3n) is 4.64. The lowest BCUT2D eigenvalue weighted by molar-refractivity contribution is -0.141. The van der Waals surface area contributed by atoms with Crippen LogP contribution in [0.15, 0.2) is 0 Å². The molecule has 11 nitrogen and oxygen atoms in total. The van der Waals surface area contributed by atoms with Gasteiger partial charge in [-0.3, -0.25) is 19.2 Å². The molecule has 0 aliphatic carbocycles. The quantitative estimate of drug-likeness (QED) is 0.212. The highest BCUT2D eigenvalue weighted by Crippen LogP contribution is 2.11. The Bertz CT molecular complexity index is 601. The summed E-state index contributed by atoms with van der Waals surface area (Å²) in [5.41, 5.74) is 5.50. The Morgan fingerprint density at radius 1 is 0.889 bits per heavy atom. The Morgan fingerprint density at radius 2 is 1.42 bits per heavy atom. The molecule has 0 aromatic heterocycles. The van der Waals surface area contributed by atoms with Gasteiger partial charge in [0.05, 0.1) is 19.1 Å². The molecule has 4 amide bonds. The molecule has 0 fully saturated rings. The Hall–Kier alpha value is -2.53. The lowest BCUT2D eigenvalue weighted by Crippen LogP contribution is -2.57. The second-order valence-corrected chi connectivity index (χ2v) is 7.33. The highest BCUT2D eigenvalue weighted by atomic mass is 16.2. The lowest BCUT2D eigenvalue weighted by atomic mass is 10.0. The molecule has 36 heavy (non-hydrogen) atoms. The third kappa shape index (κ3) is 17.8. The maximum absolute atomic E-state index is 12.9. The smallest absolute Gasteiger partial charge is 0.243 e. The first-order valence-electron chi connectivity index (χ1n) is 13.0. The van der Waals surface area contributed by atoms with Gasteiger partial charge in [0.25, 0.3) is 0 Å². The van der Waals surface area contributed by atoms with Crippen molar-refractivity contribution >= 4 is 29.9 Å². The van der Waals surface area contributed by atoms with Gasteiger partial charge in [0.1, 0.15) is 18.4 Å². The Balaban J connectivity index is -0.000000787. The minimum atomic E-state index is -0.873. The number of hydrogen-bond donors (Lipinski definition) is 5. The van der Waals surface area contributed by atoms with Gasteiger partial charge in [0, 0.05) is 7.05 Å². The first kappa shape index (κ1) is 40.6. The fourth-order valence-corrected chi connectivity index (χ4v) is 2.77. The topological polar surface area (TPSA) is 163 Å². The van der Waals surface area contributed by atoms with Gasteiger partial charge in [0.15, 0.2) is 0 Å². The molecule has 0 aliphatic heterocycles. The maximum atomic E-state index is 12.9. The zero-order chi connectivity index (χ0) is 29.3. The van der Waals surface area contributed by atoms with Crippen molar-refractivity contribution in [2.75, 3.05) is 33.7 Å². The number of rotatable bonds is 14. The summed E-state index contributed by atoms with van der Waals surface area (Å²) in [6.07, 6.45) is 1.34. The Morgan fingerprint density at radius 3 is 1.83 bits per heavy atom. The molecular weight excluding hydrogens is 464 g/mol. The number of likely N-dealkylation sites (N-methyl/N-ethyl adjacent to an activating group) is 2. The minimum absolute atomic E-state index is 0.162. The van der Waals surface area contributed by atoms with E-state index < -0.39 is 35.8 Å². The van der Waals surface area contributed by atoms with E-state index in [1.165, 1.54) is 11.9 Å². The average molecular weight is 519 g/mol. The van der Waals surface area contributed by atoms with Crippen LogP contribution >= 0.6 is 0 Å². The summed E-state index contributed by atoms with van der Waals surface area (Å²) < 4.78 is 0. The van der Waals surface area contributed by atoms with E-state index in [0.29, 0.717) is 25.7 Å². The molecule has 0 aromatic rings. The van der Waals surface area contributed by atoms with Crippen LogP contribution in [-0.4, -0.2) is 86.7 Å². The predicted molar refractivity (Wildman–Crippen MR) is 146 cm³/mol. The summed E-state index contributed by atoms with van der Waals surface area (Å²) in [5.74, 6) is -2.02. The van der Waals surface area contributed by atoms with E-state index in [2.05, 4.69) is 21.3 Å². The first-order chi connectivity index (χ1) is 17.1. The highest BCUT2D eigenvalue weighted by molar-refractivity contribution is 5.93. The van der Waals surface area contributed by atoms with Crippen molar-refractivity contribution in [2.45, 2.75) is 93.3 Å². The molecule has 0 radical (unpaired) electrons. The number of hydrogen-bond acceptors (Lipinski definition) is 7. The molecule has 0 bridgehead atoms. The molecule has 0 aliphatic rings. The zero-order valence-electron chi connectivity index (χ0n) is 24.5. The van der Waals surface area contributed by atoms with E-state index in [-0.39, 0.29) is 24.9 Å². The number of carbonyl (C=O) groups excluding carboxylic acids is 5. The van der Waals surface area contributed by atoms with E-state index in [0.717, 1.165) is 0 Å². The van der Waals surface area contributed by atoms with E-state index in [1.54, 1.807) is 27.8 Å². The summed E-state index contributed by atoms with van der Waals surface area (Å²) in [4.78, 5) is 61.3. The molecule has 214 valence electrons. The largest absolute Gasteiger partial charge is 0.348 e. The summed E-state index contributed by atoms with van der Waals surface area (Å²) in [6, 6.07) is -2.18. The molecule has 1 unspecified atom stereocenters. The summed E-state index contributed by atoms with van der Waals surface area (Å²) in [7, 11) is 3.10. The maximum Gasteiger partial charge on any atom is 0.243 e. The molecule has 6 N–H and O–H groups in total. The normalized spacial score (nSPS) is 11.9. The van der Waals surface area contributed by atoms with E-state index in [4.69, 9.17) is 5.73 Å². The van der Waals surface area contributed by atoms with Crippen molar-refractivity contribution in [3.8, 4) is 0 Å². The fraction of sp³-hybridized carbons (Fsp3) is 0.800. The van der Waals surface area contributed by atoms with Crippen LogP contribution in [0.1, 0.15) is 75.2 Å². The first-order valence-corrected chi connectivity index (χ1v) is 13.0. The second-order valence-electron chi connectivity index (χ2n) is 7.33. The van der Waals surface area contributed by atoms with Crippen LogP contribution in [0.5, 0.6) is 0 Å². The van der Waals surface area contributed by atoms with Crippen molar-refractivity contribution < 1.29 is 24.0 Å². The van der Waals surface area contributed by atoms with Gasteiger partial charge in [0.2, 0.25) is 23.6 Å². The zero-order valence-corrected chi connectivity index (χ0v) is 24.5. The summed E-state index contributed by atoms with van der Waals surface area (Å²) in [6.45, 7) is 17.1. The van der Waals surface area contributed by atoms with Crippen LogP contribution in [0, 0.1) is 5.92 Å². The third-order valence-corrected chi connectivity index (χ3v) is 4.64. The molecular formula is C25H54N6O5. The SMILES string of the molecule is CC.CC.CC.CN[C@@H](C)C(=O)NCC(=O)N(C)C(C(=O)N[C@@H](CCCN)C(=O)NCC=O)C(C)C. The summed E-state index contributed by atoms with van der Waals surface area (Å²) >= 11 is 0. The van der Waals surface area contributed by atoms with Crippen molar-refractivity contribution in [1.29, 1.82) is 0 Å². The number of nitrogens with one attached hydrogen (secondary N) is 4. The van der Waals surface area contributed by atoms with Crippen LogP contribution in [0.3, 0.4) is 0 Å². The summed E-state index contributed by atoms with van der Waals surface area (Å²) in [5, 5.41) is 10.4. The molecule has 0 saturated heterocycles. The highest BCUT2D eigenvalue weighted by Gasteiger charge is 2.32. The molecule has 11 heteroatoms. The number of carbonyl (C=O) groups is 5. The average Bonchev–Trinajstić information content (AvgIpc) is 2.90. The van der Waals surface area contributed by atoms with Crippen LogP contribution in [0.25, 0.3) is 0 Å². The number of aldehydes is 1. The molecule has 3 atom stereocenters. The fourth-order valence-electron chi connectivity index (χ4n) is 2.77. The second kappa shape index (κ2) is 27.1. The van der Waals surface area contributed by atoms with Crippen LogP contribution in [0.4, 0.5) is 0 Å². The predicted octanol–water partition coefficient (Wildman–Crippen LogP) is 0.811. The molecule has 0 rings (SSSR count). The van der Waals surface area contributed by atoms with Gasteiger partial charge in [-0.15, -0.1) is 0 Å². The van der Waals surface area contributed by atoms with E-state index >= 15 is 0 Å².